The number of nitrogens with two attached hydrogens (primary N) is 1. The van der Waals surface area contributed by atoms with E-state index in [1.807, 2.05) is 34.1 Å². The van der Waals surface area contributed by atoms with Crippen molar-refractivity contribution in [3.63, 3.8) is 0 Å². The van der Waals surface area contributed by atoms with Crippen molar-refractivity contribution in [3.05, 3.63) is 70.2 Å². The zero-order valence-electron chi connectivity index (χ0n) is 17.1. The molecule has 2 heterocycles. The highest BCUT2D eigenvalue weighted by molar-refractivity contribution is 6.30. The van der Waals surface area contributed by atoms with Crippen molar-refractivity contribution in [2.45, 2.75) is 44.2 Å². The van der Waals surface area contributed by atoms with Gasteiger partial charge in [-0.1, -0.05) is 41.9 Å². The quantitative estimate of drug-likeness (QED) is 0.813. The van der Waals surface area contributed by atoms with E-state index in [2.05, 4.69) is 12.1 Å². The van der Waals surface area contributed by atoms with E-state index in [1.54, 1.807) is 12.1 Å². The molecule has 2 aromatic carbocycles. The van der Waals surface area contributed by atoms with Gasteiger partial charge in [0.25, 0.3) is 5.91 Å². The molecule has 6 heteroatoms. The Morgan fingerprint density at radius 3 is 2.67 bits per heavy atom. The van der Waals surface area contributed by atoms with Gasteiger partial charge in [-0.3, -0.25) is 9.59 Å². The number of rotatable bonds is 4. The van der Waals surface area contributed by atoms with Crippen LogP contribution >= 0.6 is 11.6 Å². The third kappa shape index (κ3) is 4.09. The fourth-order valence-electron chi connectivity index (χ4n) is 4.84. The Balaban J connectivity index is 1.69. The Morgan fingerprint density at radius 2 is 1.90 bits per heavy atom. The summed E-state index contributed by atoms with van der Waals surface area (Å²) < 4.78 is 0. The zero-order valence-corrected chi connectivity index (χ0v) is 17.9. The van der Waals surface area contributed by atoms with Crippen molar-refractivity contribution in [2.24, 2.45) is 5.73 Å². The number of likely N-dealkylation sites (tertiary alicyclic amines) is 1. The summed E-state index contributed by atoms with van der Waals surface area (Å²) in [5.74, 6) is 0.108. The standard InChI is InChI=1S/C24H28ClN3O2/c25-21-9-3-8-18(14-21)23(30)28-16-20-7-2-1-6-19(20)15-24(28)11-5-13-27(17-24)22(29)10-4-12-26/h1-3,6-9,14H,4-5,10-13,15-17,26H2. The van der Waals surface area contributed by atoms with Gasteiger partial charge in [0.15, 0.2) is 0 Å². The molecule has 158 valence electrons. The lowest BCUT2D eigenvalue weighted by Crippen LogP contribution is -2.63. The summed E-state index contributed by atoms with van der Waals surface area (Å²) in [5.41, 5.74) is 8.23. The van der Waals surface area contributed by atoms with Gasteiger partial charge in [-0.05, 0) is 61.6 Å². The van der Waals surface area contributed by atoms with Gasteiger partial charge < -0.3 is 15.5 Å². The molecule has 2 N–H and O–H groups in total. The number of benzene rings is 2. The summed E-state index contributed by atoms with van der Waals surface area (Å²) in [7, 11) is 0. The SMILES string of the molecule is NCCCC(=O)N1CCCC2(Cc3ccccc3CN2C(=O)c2cccc(Cl)c2)C1. The van der Waals surface area contributed by atoms with Crippen LogP contribution in [-0.4, -0.2) is 46.8 Å². The van der Waals surface area contributed by atoms with Gasteiger partial charge in [0.2, 0.25) is 5.91 Å². The van der Waals surface area contributed by atoms with Gasteiger partial charge in [0.05, 0.1) is 5.54 Å². The molecule has 2 aromatic rings. The first-order valence-electron chi connectivity index (χ1n) is 10.6. The van der Waals surface area contributed by atoms with Gasteiger partial charge in [0.1, 0.15) is 0 Å². The number of amides is 2. The van der Waals surface area contributed by atoms with E-state index in [1.165, 1.54) is 11.1 Å². The molecule has 1 unspecified atom stereocenters. The molecule has 1 fully saturated rings. The van der Waals surface area contributed by atoms with Gasteiger partial charge in [-0.15, -0.1) is 0 Å². The molecule has 2 aliphatic rings. The lowest BCUT2D eigenvalue weighted by molar-refractivity contribution is -0.135. The van der Waals surface area contributed by atoms with Gasteiger partial charge >= 0.3 is 0 Å². The number of carbonyl (C=O) groups excluding carboxylic acids is 2. The Labute approximate surface area is 182 Å². The van der Waals surface area contributed by atoms with E-state index in [0.29, 0.717) is 43.1 Å². The summed E-state index contributed by atoms with van der Waals surface area (Å²) in [6.45, 7) is 2.37. The van der Waals surface area contributed by atoms with Crippen molar-refractivity contribution in [1.82, 2.24) is 9.80 Å². The maximum atomic E-state index is 13.6. The van der Waals surface area contributed by atoms with Crippen molar-refractivity contribution >= 4 is 23.4 Å². The topological polar surface area (TPSA) is 66.6 Å². The van der Waals surface area contributed by atoms with E-state index < -0.39 is 5.54 Å². The zero-order chi connectivity index (χ0) is 21.1. The van der Waals surface area contributed by atoms with E-state index in [9.17, 15) is 9.59 Å². The van der Waals surface area contributed by atoms with Crippen LogP contribution in [0.5, 0.6) is 0 Å². The fraction of sp³-hybridized carbons (Fsp3) is 0.417. The van der Waals surface area contributed by atoms with E-state index in [0.717, 1.165) is 25.8 Å². The third-order valence-corrected chi connectivity index (χ3v) is 6.59. The van der Waals surface area contributed by atoms with Crippen LogP contribution in [0, 0.1) is 0 Å². The molecule has 0 saturated carbocycles. The van der Waals surface area contributed by atoms with Crippen molar-refractivity contribution in [2.75, 3.05) is 19.6 Å². The molecule has 0 aromatic heterocycles. The van der Waals surface area contributed by atoms with Crippen LogP contribution < -0.4 is 5.73 Å². The molecule has 0 radical (unpaired) electrons. The van der Waals surface area contributed by atoms with E-state index in [4.69, 9.17) is 17.3 Å². The highest BCUT2D eigenvalue weighted by Crippen LogP contribution is 2.39. The molecular weight excluding hydrogens is 398 g/mol. The molecule has 30 heavy (non-hydrogen) atoms. The predicted octanol–water partition coefficient (Wildman–Crippen LogP) is 3.64. The molecule has 0 aliphatic carbocycles. The molecule has 2 amide bonds. The summed E-state index contributed by atoms with van der Waals surface area (Å²) in [4.78, 5) is 30.3. The smallest absolute Gasteiger partial charge is 0.254 e. The number of hydrogen-bond donors (Lipinski definition) is 1. The minimum absolute atomic E-state index is 0.0248. The average Bonchev–Trinajstić information content (AvgIpc) is 2.76. The van der Waals surface area contributed by atoms with Crippen molar-refractivity contribution in [3.8, 4) is 0 Å². The number of piperidine rings is 1. The molecular formula is C24H28ClN3O2. The van der Waals surface area contributed by atoms with Gasteiger partial charge in [-0.25, -0.2) is 0 Å². The molecule has 2 aliphatic heterocycles. The molecule has 0 bridgehead atoms. The average molecular weight is 426 g/mol. The second-order valence-electron chi connectivity index (χ2n) is 8.38. The fourth-order valence-corrected chi connectivity index (χ4v) is 5.03. The van der Waals surface area contributed by atoms with Gasteiger partial charge in [0, 0.05) is 36.6 Å². The third-order valence-electron chi connectivity index (χ3n) is 6.36. The summed E-state index contributed by atoms with van der Waals surface area (Å²) >= 11 is 6.17. The number of hydrogen-bond acceptors (Lipinski definition) is 3. The monoisotopic (exact) mass is 425 g/mol. The van der Waals surface area contributed by atoms with Crippen LogP contribution in [0.15, 0.2) is 48.5 Å². The van der Waals surface area contributed by atoms with Crippen LogP contribution in [0.4, 0.5) is 0 Å². The maximum Gasteiger partial charge on any atom is 0.254 e. The second kappa shape index (κ2) is 8.78. The van der Waals surface area contributed by atoms with Gasteiger partial charge in [-0.2, -0.15) is 0 Å². The first kappa shape index (κ1) is 20.9. The number of carbonyl (C=O) groups is 2. The predicted molar refractivity (Wildman–Crippen MR) is 118 cm³/mol. The normalized spacial score (nSPS) is 20.9. The summed E-state index contributed by atoms with van der Waals surface area (Å²) in [5, 5.41) is 0.551. The van der Waals surface area contributed by atoms with Crippen LogP contribution in [0.2, 0.25) is 5.02 Å². The number of halogens is 1. The maximum absolute atomic E-state index is 13.6. The Bertz CT molecular complexity index is 948. The minimum Gasteiger partial charge on any atom is -0.340 e. The largest absolute Gasteiger partial charge is 0.340 e. The Kier molecular flexibility index (Phi) is 6.11. The number of nitrogens with zero attached hydrogens (tertiary/aromatic N) is 2. The van der Waals surface area contributed by atoms with Crippen LogP contribution in [0.1, 0.15) is 47.2 Å². The highest BCUT2D eigenvalue weighted by Gasteiger charge is 2.46. The summed E-state index contributed by atoms with van der Waals surface area (Å²) in [6, 6.07) is 15.4. The van der Waals surface area contributed by atoms with E-state index in [-0.39, 0.29) is 11.8 Å². The van der Waals surface area contributed by atoms with Crippen molar-refractivity contribution < 1.29 is 9.59 Å². The molecule has 5 nitrogen and oxygen atoms in total. The minimum atomic E-state index is -0.398. The lowest BCUT2D eigenvalue weighted by Gasteiger charge is -2.52. The first-order valence-corrected chi connectivity index (χ1v) is 11.0. The van der Waals surface area contributed by atoms with Crippen molar-refractivity contribution in [1.29, 1.82) is 0 Å². The highest BCUT2D eigenvalue weighted by atomic mass is 35.5. The van der Waals surface area contributed by atoms with Crippen LogP contribution in [-0.2, 0) is 17.8 Å². The molecule has 1 spiro atoms. The Hall–Kier alpha value is -2.37. The molecule has 1 saturated heterocycles. The van der Waals surface area contributed by atoms with Crippen LogP contribution in [0.3, 0.4) is 0 Å². The first-order chi connectivity index (χ1) is 14.5. The van der Waals surface area contributed by atoms with Crippen LogP contribution in [0.25, 0.3) is 0 Å². The molecule has 1 atom stereocenters. The second-order valence-corrected chi connectivity index (χ2v) is 8.82. The Morgan fingerprint density at radius 1 is 1.10 bits per heavy atom. The number of fused-ring (bicyclic) bond motifs is 1. The van der Waals surface area contributed by atoms with E-state index >= 15 is 0 Å². The summed E-state index contributed by atoms with van der Waals surface area (Å²) in [6.07, 6.45) is 3.68. The lowest BCUT2D eigenvalue weighted by atomic mass is 9.76. The molecule has 4 rings (SSSR count).